The summed E-state index contributed by atoms with van der Waals surface area (Å²) in [6.45, 7) is 8.40. The van der Waals surface area contributed by atoms with Gasteiger partial charge in [0.25, 0.3) is 0 Å². The molecule has 184 valence electrons. The van der Waals surface area contributed by atoms with Crippen LogP contribution in [-0.2, 0) is 4.79 Å². The highest BCUT2D eigenvalue weighted by atomic mass is 16.5. The maximum Gasteiger partial charge on any atom is 0.222 e. The number of hydrogen-bond acceptors (Lipinski definition) is 7. The van der Waals surface area contributed by atoms with Gasteiger partial charge in [-0.15, -0.1) is 0 Å². The van der Waals surface area contributed by atoms with Crippen LogP contribution in [-0.4, -0.2) is 73.7 Å². The minimum absolute atomic E-state index is 0.305. The van der Waals surface area contributed by atoms with E-state index in [1.807, 2.05) is 23.1 Å². The smallest absolute Gasteiger partial charge is 0.222 e. The van der Waals surface area contributed by atoms with E-state index in [9.17, 15) is 4.79 Å². The highest BCUT2D eigenvalue weighted by Crippen LogP contribution is 2.26. The first-order chi connectivity index (χ1) is 16.7. The molecule has 1 aromatic heterocycles. The van der Waals surface area contributed by atoms with E-state index in [1.165, 1.54) is 5.69 Å². The molecule has 8 heteroatoms. The lowest BCUT2D eigenvalue weighted by molar-refractivity contribution is -0.131. The molecule has 0 atom stereocenters. The minimum Gasteiger partial charge on any atom is -0.497 e. The molecule has 0 spiro atoms. The molecule has 0 saturated carbocycles. The topological polar surface area (TPSA) is 73.8 Å². The zero-order valence-corrected chi connectivity index (χ0v) is 20.6. The summed E-state index contributed by atoms with van der Waals surface area (Å²) in [4.78, 5) is 28.3. The second-order valence-corrected chi connectivity index (χ2v) is 9.22. The molecular weight excluding hydrogens is 428 g/mol. The van der Waals surface area contributed by atoms with Crippen molar-refractivity contribution in [3.8, 4) is 5.75 Å². The van der Waals surface area contributed by atoms with Crippen LogP contribution < -0.4 is 19.9 Å². The van der Waals surface area contributed by atoms with Gasteiger partial charge in [-0.05, 0) is 55.9 Å². The second-order valence-electron chi connectivity index (χ2n) is 9.22. The van der Waals surface area contributed by atoms with Gasteiger partial charge in [0, 0.05) is 64.0 Å². The Morgan fingerprint density at radius 3 is 2.44 bits per heavy atom. The predicted molar refractivity (Wildman–Crippen MR) is 137 cm³/mol. The predicted octanol–water partition coefficient (Wildman–Crippen LogP) is 3.65. The highest BCUT2D eigenvalue weighted by Gasteiger charge is 2.24. The average molecular weight is 467 g/mol. The summed E-state index contributed by atoms with van der Waals surface area (Å²) in [5.41, 5.74) is 1.19. The number of piperidine rings is 1. The SMILES string of the molecule is CCCNc1cc(N2CCC(CCC(=O)N3CCN(c4ccc(OC)cc4)CC3)CC2)ncn1. The Bertz CT molecular complexity index is 906. The summed E-state index contributed by atoms with van der Waals surface area (Å²) in [6, 6.07) is 10.2. The number of aromatic nitrogens is 2. The molecule has 2 aromatic rings. The summed E-state index contributed by atoms with van der Waals surface area (Å²) in [6.07, 6.45) is 6.58. The Balaban J connectivity index is 1.17. The number of carbonyl (C=O) groups is 1. The van der Waals surface area contributed by atoms with Gasteiger partial charge in [-0.3, -0.25) is 4.79 Å². The zero-order chi connectivity index (χ0) is 23.8. The third kappa shape index (κ3) is 6.30. The monoisotopic (exact) mass is 466 g/mol. The number of benzene rings is 1. The van der Waals surface area contributed by atoms with E-state index < -0.39 is 0 Å². The first-order valence-electron chi connectivity index (χ1n) is 12.6. The molecule has 0 bridgehead atoms. The number of nitrogens with one attached hydrogen (secondary N) is 1. The average Bonchev–Trinajstić information content (AvgIpc) is 2.91. The Labute approximate surface area is 203 Å². The van der Waals surface area contributed by atoms with Gasteiger partial charge in [0.1, 0.15) is 23.7 Å². The molecule has 4 rings (SSSR count). The Morgan fingerprint density at radius 2 is 1.76 bits per heavy atom. The lowest BCUT2D eigenvalue weighted by atomic mass is 9.92. The van der Waals surface area contributed by atoms with Gasteiger partial charge in [0.2, 0.25) is 5.91 Å². The Hall–Kier alpha value is -3.03. The largest absolute Gasteiger partial charge is 0.497 e. The molecule has 0 unspecified atom stereocenters. The molecule has 1 N–H and O–H groups in total. The van der Waals surface area contributed by atoms with E-state index in [4.69, 9.17) is 4.74 Å². The van der Waals surface area contributed by atoms with E-state index in [0.29, 0.717) is 18.2 Å². The van der Waals surface area contributed by atoms with E-state index in [0.717, 1.165) is 88.9 Å². The van der Waals surface area contributed by atoms with Crippen molar-refractivity contribution < 1.29 is 9.53 Å². The van der Waals surface area contributed by atoms with Gasteiger partial charge in [-0.25, -0.2) is 9.97 Å². The van der Waals surface area contributed by atoms with E-state index in [2.05, 4.69) is 44.1 Å². The van der Waals surface area contributed by atoms with Crippen LogP contribution in [0.25, 0.3) is 0 Å². The summed E-state index contributed by atoms with van der Waals surface area (Å²) < 4.78 is 5.25. The maximum absolute atomic E-state index is 12.8. The second kappa shape index (κ2) is 11.9. The van der Waals surface area contributed by atoms with Crippen molar-refractivity contribution in [2.24, 2.45) is 5.92 Å². The Morgan fingerprint density at radius 1 is 1.03 bits per heavy atom. The number of piperazine rings is 1. The number of nitrogens with zero attached hydrogens (tertiary/aromatic N) is 5. The molecule has 3 heterocycles. The molecule has 1 aromatic carbocycles. The van der Waals surface area contributed by atoms with Crippen LogP contribution in [0.2, 0.25) is 0 Å². The van der Waals surface area contributed by atoms with E-state index >= 15 is 0 Å². The van der Waals surface area contributed by atoms with Crippen LogP contribution in [0.5, 0.6) is 5.75 Å². The number of methoxy groups -OCH3 is 1. The molecule has 2 aliphatic heterocycles. The van der Waals surface area contributed by atoms with Gasteiger partial charge in [-0.1, -0.05) is 6.92 Å². The number of ether oxygens (including phenoxy) is 1. The first-order valence-corrected chi connectivity index (χ1v) is 12.6. The van der Waals surface area contributed by atoms with E-state index in [-0.39, 0.29) is 0 Å². The van der Waals surface area contributed by atoms with Gasteiger partial charge in [0.15, 0.2) is 0 Å². The van der Waals surface area contributed by atoms with Crippen molar-refractivity contribution >= 4 is 23.2 Å². The molecule has 2 fully saturated rings. The molecule has 2 aliphatic rings. The van der Waals surface area contributed by atoms with Crippen LogP contribution >= 0.6 is 0 Å². The minimum atomic E-state index is 0.305. The quantitative estimate of drug-likeness (QED) is 0.605. The fraction of sp³-hybridized carbons (Fsp3) is 0.577. The number of rotatable bonds is 9. The number of amides is 1. The zero-order valence-electron chi connectivity index (χ0n) is 20.6. The van der Waals surface area contributed by atoms with Crippen molar-refractivity contribution in [2.75, 3.05) is 68.0 Å². The molecule has 0 aliphatic carbocycles. The summed E-state index contributed by atoms with van der Waals surface area (Å²) in [5.74, 6) is 3.68. The molecule has 1 amide bonds. The van der Waals surface area contributed by atoms with Crippen LogP contribution in [0.15, 0.2) is 36.7 Å². The van der Waals surface area contributed by atoms with Gasteiger partial charge >= 0.3 is 0 Å². The van der Waals surface area contributed by atoms with Crippen molar-refractivity contribution in [3.63, 3.8) is 0 Å². The fourth-order valence-electron chi connectivity index (χ4n) is 4.81. The molecule has 0 radical (unpaired) electrons. The standard InChI is InChI=1S/C26H38N6O2/c1-3-12-27-24-19-25(29-20-28-24)31-13-10-21(11-14-31)4-9-26(33)32-17-15-30(16-18-32)22-5-7-23(34-2)8-6-22/h5-8,19-21H,3-4,9-18H2,1-2H3,(H,27,28,29). The fourth-order valence-corrected chi connectivity index (χ4v) is 4.81. The van der Waals surface area contributed by atoms with E-state index in [1.54, 1.807) is 13.4 Å². The van der Waals surface area contributed by atoms with Crippen LogP contribution in [0.4, 0.5) is 17.3 Å². The number of anilines is 3. The van der Waals surface area contributed by atoms with Crippen LogP contribution in [0, 0.1) is 5.92 Å². The summed E-state index contributed by atoms with van der Waals surface area (Å²) in [5, 5.41) is 3.34. The first kappa shape index (κ1) is 24.1. The number of hydrogen-bond donors (Lipinski definition) is 1. The lowest BCUT2D eigenvalue weighted by Crippen LogP contribution is -2.48. The van der Waals surface area contributed by atoms with Crippen molar-refractivity contribution in [3.05, 3.63) is 36.7 Å². The molecule has 2 saturated heterocycles. The van der Waals surface area contributed by atoms with Crippen LogP contribution in [0.3, 0.4) is 0 Å². The highest BCUT2D eigenvalue weighted by molar-refractivity contribution is 5.76. The lowest BCUT2D eigenvalue weighted by Gasteiger charge is -2.37. The molecule has 34 heavy (non-hydrogen) atoms. The van der Waals surface area contributed by atoms with Gasteiger partial charge < -0.3 is 24.8 Å². The maximum atomic E-state index is 12.8. The molecular formula is C26H38N6O2. The van der Waals surface area contributed by atoms with Crippen LogP contribution in [0.1, 0.15) is 39.0 Å². The van der Waals surface area contributed by atoms with Gasteiger partial charge in [0.05, 0.1) is 7.11 Å². The van der Waals surface area contributed by atoms with Crippen molar-refractivity contribution in [1.29, 1.82) is 0 Å². The third-order valence-electron chi connectivity index (χ3n) is 6.98. The summed E-state index contributed by atoms with van der Waals surface area (Å²) in [7, 11) is 1.68. The van der Waals surface area contributed by atoms with Gasteiger partial charge in [-0.2, -0.15) is 0 Å². The number of carbonyl (C=O) groups excluding carboxylic acids is 1. The van der Waals surface area contributed by atoms with Crippen molar-refractivity contribution in [2.45, 2.75) is 39.0 Å². The summed E-state index contributed by atoms with van der Waals surface area (Å²) >= 11 is 0. The third-order valence-corrected chi connectivity index (χ3v) is 6.98. The Kier molecular flexibility index (Phi) is 8.44. The van der Waals surface area contributed by atoms with Crippen molar-refractivity contribution in [1.82, 2.24) is 14.9 Å². The molecule has 8 nitrogen and oxygen atoms in total. The normalized spacial score (nSPS) is 17.1.